The maximum Gasteiger partial charge on any atom is 0.279 e. The number of benzene rings is 2. The number of carbonyl (C=O) groups excluding carboxylic acids is 1. The number of amides is 1. The first kappa shape index (κ1) is 16.8. The van der Waals surface area contributed by atoms with Gasteiger partial charge in [0.15, 0.2) is 6.54 Å². The molecule has 116 valence electrons. The summed E-state index contributed by atoms with van der Waals surface area (Å²) in [6, 6.07) is 15.5. The van der Waals surface area contributed by atoms with E-state index in [1.807, 2.05) is 25.2 Å². The summed E-state index contributed by atoms with van der Waals surface area (Å²) in [6.07, 6.45) is 0. The largest absolute Gasteiger partial charge is 0.324 e. The standard InChI is InChI=1S/C17H18Cl2N2O/c1-12(13-7-4-3-5-8-13)21(2)11-16(22)20-17-14(18)9-6-10-15(17)19/h3-10,12H,11H2,1-2H3,(H,20,22)/p+1/t12-/m0/s1. The lowest BCUT2D eigenvalue weighted by molar-refractivity contribution is -0.902. The number of hydrogen-bond acceptors (Lipinski definition) is 1. The molecule has 0 aliphatic carbocycles. The van der Waals surface area contributed by atoms with Gasteiger partial charge in [0.05, 0.1) is 22.8 Å². The van der Waals surface area contributed by atoms with Crippen LogP contribution in [0.2, 0.25) is 10.0 Å². The third-order valence-electron chi connectivity index (χ3n) is 3.71. The second-order valence-corrected chi connectivity index (χ2v) is 6.11. The molecular formula is C17H19Cl2N2O+. The molecule has 5 heteroatoms. The van der Waals surface area contributed by atoms with Gasteiger partial charge in [0, 0.05) is 5.56 Å². The number of nitrogens with one attached hydrogen (secondary N) is 2. The highest BCUT2D eigenvalue weighted by molar-refractivity contribution is 6.39. The zero-order chi connectivity index (χ0) is 16.1. The van der Waals surface area contributed by atoms with E-state index < -0.39 is 0 Å². The lowest BCUT2D eigenvalue weighted by atomic mass is 10.1. The van der Waals surface area contributed by atoms with E-state index in [1.165, 1.54) is 5.56 Å². The van der Waals surface area contributed by atoms with Crippen molar-refractivity contribution >= 4 is 34.8 Å². The first-order chi connectivity index (χ1) is 10.5. The van der Waals surface area contributed by atoms with E-state index in [9.17, 15) is 4.79 Å². The Balaban J connectivity index is 2.00. The lowest BCUT2D eigenvalue weighted by Gasteiger charge is -2.21. The molecule has 0 aromatic heterocycles. The molecule has 0 heterocycles. The lowest BCUT2D eigenvalue weighted by Crippen LogP contribution is -3.10. The third-order valence-corrected chi connectivity index (χ3v) is 4.34. The molecule has 3 nitrogen and oxygen atoms in total. The van der Waals surface area contributed by atoms with Crippen molar-refractivity contribution in [3.05, 3.63) is 64.1 Å². The first-order valence-corrected chi connectivity index (χ1v) is 7.85. The molecule has 0 radical (unpaired) electrons. The molecule has 0 fully saturated rings. The summed E-state index contributed by atoms with van der Waals surface area (Å²) in [5.74, 6) is -0.115. The molecule has 22 heavy (non-hydrogen) atoms. The minimum absolute atomic E-state index is 0.115. The number of hydrogen-bond donors (Lipinski definition) is 2. The third kappa shape index (κ3) is 4.23. The fraction of sp³-hybridized carbons (Fsp3) is 0.235. The Hall–Kier alpha value is -1.55. The molecule has 0 saturated carbocycles. The Labute approximate surface area is 140 Å². The second-order valence-electron chi connectivity index (χ2n) is 5.30. The smallest absolute Gasteiger partial charge is 0.279 e. The zero-order valence-corrected chi connectivity index (χ0v) is 14.1. The van der Waals surface area contributed by atoms with Crippen LogP contribution in [-0.4, -0.2) is 19.5 Å². The molecule has 1 unspecified atom stereocenters. The molecule has 2 aromatic carbocycles. The fourth-order valence-electron chi connectivity index (χ4n) is 2.23. The van der Waals surface area contributed by atoms with Crippen LogP contribution in [0.1, 0.15) is 18.5 Å². The van der Waals surface area contributed by atoms with Crippen molar-refractivity contribution in [3.63, 3.8) is 0 Å². The average Bonchev–Trinajstić information content (AvgIpc) is 2.51. The summed E-state index contributed by atoms with van der Waals surface area (Å²) in [5, 5.41) is 3.67. The Morgan fingerprint density at radius 3 is 2.27 bits per heavy atom. The Bertz CT molecular complexity index is 626. The number of rotatable bonds is 5. The summed E-state index contributed by atoms with van der Waals surface area (Å²) in [6.45, 7) is 2.43. The van der Waals surface area contributed by atoms with Gasteiger partial charge in [0.25, 0.3) is 5.91 Å². The van der Waals surface area contributed by atoms with Crippen molar-refractivity contribution in [1.29, 1.82) is 0 Å². The molecule has 2 rings (SSSR count). The summed E-state index contributed by atoms with van der Waals surface area (Å²) < 4.78 is 0. The molecule has 2 N–H and O–H groups in total. The predicted molar refractivity (Wildman–Crippen MR) is 91.7 cm³/mol. The van der Waals surface area contributed by atoms with Crippen molar-refractivity contribution in [3.8, 4) is 0 Å². The van der Waals surface area contributed by atoms with Gasteiger partial charge in [-0.15, -0.1) is 0 Å². The second kappa shape index (κ2) is 7.63. The van der Waals surface area contributed by atoms with Crippen LogP contribution in [0, 0.1) is 0 Å². The minimum atomic E-state index is -0.115. The monoisotopic (exact) mass is 337 g/mol. The summed E-state index contributed by atoms with van der Waals surface area (Å²) in [7, 11) is 1.99. The van der Waals surface area contributed by atoms with Gasteiger partial charge < -0.3 is 10.2 Å². The van der Waals surface area contributed by atoms with Gasteiger partial charge in [-0.25, -0.2) is 0 Å². The molecule has 0 aliphatic rings. The van der Waals surface area contributed by atoms with Gasteiger partial charge in [0.2, 0.25) is 0 Å². The molecule has 0 aliphatic heterocycles. The molecular weight excluding hydrogens is 319 g/mol. The predicted octanol–water partition coefficient (Wildman–Crippen LogP) is 3.21. The van der Waals surface area contributed by atoms with E-state index in [0.717, 1.165) is 4.90 Å². The van der Waals surface area contributed by atoms with Crippen LogP contribution in [0.4, 0.5) is 5.69 Å². The van der Waals surface area contributed by atoms with E-state index >= 15 is 0 Å². The summed E-state index contributed by atoms with van der Waals surface area (Å²) in [4.78, 5) is 13.3. The number of likely N-dealkylation sites (N-methyl/N-ethyl adjacent to an activating group) is 1. The molecule has 0 bridgehead atoms. The van der Waals surface area contributed by atoms with Gasteiger partial charge in [-0.3, -0.25) is 4.79 Å². The van der Waals surface area contributed by atoms with Gasteiger partial charge in [-0.05, 0) is 19.1 Å². The summed E-state index contributed by atoms with van der Waals surface area (Å²) >= 11 is 12.1. The molecule has 0 saturated heterocycles. The van der Waals surface area contributed by atoms with Gasteiger partial charge in [-0.2, -0.15) is 0 Å². The highest BCUT2D eigenvalue weighted by atomic mass is 35.5. The quantitative estimate of drug-likeness (QED) is 0.862. The maximum atomic E-state index is 12.2. The van der Waals surface area contributed by atoms with Crippen LogP contribution >= 0.6 is 23.2 Å². The van der Waals surface area contributed by atoms with Crippen LogP contribution in [0.3, 0.4) is 0 Å². The van der Waals surface area contributed by atoms with Crippen LogP contribution < -0.4 is 10.2 Å². The normalized spacial score (nSPS) is 13.5. The van der Waals surface area contributed by atoms with E-state index in [4.69, 9.17) is 23.2 Å². The van der Waals surface area contributed by atoms with E-state index in [2.05, 4.69) is 24.4 Å². The first-order valence-electron chi connectivity index (χ1n) is 7.10. The highest BCUT2D eigenvalue weighted by Crippen LogP contribution is 2.29. The number of para-hydroxylation sites is 1. The van der Waals surface area contributed by atoms with Crippen molar-refractivity contribution in [1.82, 2.24) is 0 Å². The topological polar surface area (TPSA) is 33.5 Å². The van der Waals surface area contributed by atoms with Crippen LogP contribution in [0.25, 0.3) is 0 Å². The Morgan fingerprint density at radius 1 is 1.09 bits per heavy atom. The number of anilines is 1. The summed E-state index contributed by atoms with van der Waals surface area (Å²) in [5.41, 5.74) is 1.67. The van der Waals surface area contributed by atoms with Gasteiger partial charge in [-0.1, -0.05) is 59.6 Å². The Kier molecular flexibility index (Phi) is 5.83. The van der Waals surface area contributed by atoms with Crippen molar-refractivity contribution in [2.45, 2.75) is 13.0 Å². The number of quaternary nitrogens is 1. The minimum Gasteiger partial charge on any atom is -0.324 e. The van der Waals surface area contributed by atoms with E-state index in [-0.39, 0.29) is 11.9 Å². The molecule has 2 aromatic rings. The molecule has 1 amide bonds. The van der Waals surface area contributed by atoms with E-state index in [1.54, 1.807) is 18.2 Å². The van der Waals surface area contributed by atoms with E-state index in [0.29, 0.717) is 22.3 Å². The van der Waals surface area contributed by atoms with Gasteiger partial charge >= 0.3 is 0 Å². The SMILES string of the molecule is C[C@@H](c1ccccc1)[NH+](C)CC(=O)Nc1c(Cl)cccc1Cl. The Morgan fingerprint density at radius 2 is 1.68 bits per heavy atom. The van der Waals surface area contributed by atoms with Crippen molar-refractivity contribution in [2.75, 3.05) is 18.9 Å². The maximum absolute atomic E-state index is 12.2. The van der Waals surface area contributed by atoms with Crippen molar-refractivity contribution in [2.24, 2.45) is 0 Å². The number of carbonyl (C=O) groups is 1. The average molecular weight is 338 g/mol. The molecule has 2 atom stereocenters. The highest BCUT2D eigenvalue weighted by Gasteiger charge is 2.19. The van der Waals surface area contributed by atoms with Gasteiger partial charge in [0.1, 0.15) is 6.04 Å². The van der Waals surface area contributed by atoms with Crippen LogP contribution in [0.5, 0.6) is 0 Å². The zero-order valence-electron chi connectivity index (χ0n) is 12.6. The fourth-order valence-corrected chi connectivity index (χ4v) is 2.73. The van der Waals surface area contributed by atoms with Crippen LogP contribution in [-0.2, 0) is 4.79 Å². The van der Waals surface area contributed by atoms with Crippen LogP contribution in [0.15, 0.2) is 48.5 Å². The number of halogens is 2. The van der Waals surface area contributed by atoms with Crippen molar-refractivity contribution < 1.29 is 9.69 Å². The molecule has 0 spiro atoms.